The van der Waals surface area contributed by atoms with E-state index in [1.165, 1.54) is 12.1 Å². The van der Waals surface area contributed by atoms with Crippen LogP contribution in [-0.4, -0.2) is 11.1 Å². The summed E-state index contributed by atoms with van der Waals surface area (Å²) in [5.41, 5.74) is 0.691. The molecule has 7 heteroatoms. The van der Waals surface area contributed by atoms with Crippen LogP contribution in [0.2, 0.25) is 0 Å². The molecule has 0 bridgehead atoms. The van der Waals surface area contributed by atoms with E-state index in [4.69, 9.17) is 4.74 Å². The molecule has 0 fully saturated rings. The summed E-state index contributed by atoms with van der Waals surface area (Å²) in [4.78, 5) is 30.4. The predicted octanol–water partition coefficient (Wildman–Crippen LogP) is 3.70. The van der Waals surface area contributed by atoms with E-state index >= 15 is 0 Å². The molecule has 0 amide bonds. The topological polar surface area (TPSA) is 77.3 Å². The smallest absolute Gasteiger partial charge is 0.347 e. The Balaban J connectivity index is 2.17. The largest absolute Gasteiger partial charge is 0.423 e. The van der Waals surface area contributed by atoms with Gasteiger partial charge in [-0.15, -0.1) is 4.91 Å². The van der Waals surface area contributed by atoms with Gasteiger partial charge in [0.15, 0.2) is 11.1 Å². The Morgan fingerprint density at radius 1 is 1.10 bits per heavy atom. The van der Waals surface area contributed by atoms with E-state index in [0.29, 0.717) is 11.4 Å². The molecule has 0 unspecified atom stereocenters. The first kappa shape index (κ1) is 14.5. The molecule has 0 aliphatic rings. The van der Waals surface area contributed by atoms with Crippen LogP contribution in [0.3, 0.4) is 0 Å². The monoisotopic (exact) mass is 300 g/mol. The van der Waals surface area contributed by atoms with Gasteiger partial charge < -0.3 is 9.57 Å². The van der Waals surface area contributed by atoms with Crippen molar-refractivity contribution in [1.82, 2.24) is 0 Å². The number of isothiocyanates is 1. The molecule has 6 nitrogen and oxygen atoms in total. The Kier molecular flexibility index (Phi) is 4.87. The van der Waals surface area contributed by atoms with Gasteiger partial charge in [-0.25, -0.2) is 4.79 Å². The minimum absolute atomic E-state index is 0.0272. The third-order valence-electron chi connectivity index (χ3n) is 2.46. The molecule has 0 atom stereocenters. The molecule has 104 valence electrons. The zero-order valence-corrected chi connectivity index (χ0v) is 11.4. The summed E-state index contributed by atoms with van der Waals surface area (Å²) >= 11 is 4.49. The summed E-state index contributed by atoms with van der Waals surface area (Å²) < 4.78 is 5.17. The van der Waals surface area contributed by atoms with Crippen molar-refractivity contribution in [3.05, 3.63) is 59.0 Å². The van der Waals surface area contributed by atoms with Crippen molar-refractivity contribution in [2.75, 3.05) is 0 Å². The number of hydrogen-bond donors (Lipinski definition) is 0. The normalized spacial score (nSPS) is 9.33. The lowest BCUT2D eigenvalue weighted by Gasteiger charge is -2.06. The molecule has 2 aromatic rings. The summed E-state index contributed by atoms with van der Waals surface area (Å²) in [5.74, 6) is -0.322. The van der Waals surface area contributed by atoms with Crippen molar-refractivity contribution < 1.29 is 14.4 Å². The number of para-hydroxylation sites is 1. The Bertz CT molecular complexity index is 709. The number of nitrogens with zero attached hydrogens (tertiary/aromatic N) is 2. The second-order valence-corrected chi connectivity index (χ2v) is 3.93. The zero-order valence-electron chi connectivity index (χ0n) is 10.6. The van der Waals surface area contributed by atoms with Crippen LogP contribution in [0, 0.1) is 4.91 Å². The highest BCUT2D eigenvalue weighted by atomic mass is 32.1. The number of esters is 1. The molecular formula is C14H8N2O4S. The van der Waals surface area contributed by atoms with Gasteiger partial charge in [0.2, 0.25) is 0 Å². The minimum Gasteiger partial charge on any atom is -0.423 e. The molecule has 0 aliphatic heterocycles. The van der Waals surface area contributed by atoms with Crippen LogP contribution < -0.4 is 9.57 Å². The minimum atomic E-state index is -0.666. The van der Waals surface area contributed by atoms with Crippen molar-refractivity contribution in [3.8, 4) is 11.5 Å². The van der Waals surface area contributed by atoms with Crippen LogP contribution in [-0.2, 0) is 0 Å². The van der Waals surface area contributed by atoms with Crippen molar-refractivity contribution in [2.45, 2.75) is 0 Å². The fourth-order valence-corrected chi connectivity index (χ4v) is 1.66. The highest BCUT2D eigenvalue weighted by molar-refractivity contribution is 7.78. The summed E-state index contributed by atoms with van der Waals surface area (Å²) in [7, 11) is 0. The number of aliphatic imine (C=N–C) groups is 1. The first-order chi connectivity index (χ1) is 10.2. The number of carbonyl (C=O) groups is 1. The van der Waals surface area contributed by atoms with Gasteiger partial charge in [-0.3, -0.25) is 0 Å². The molecular weight excluding hydrogens is 292 g/mol. The van der Waals surface area contributed by atoms with E-state index in [0.717, 1.165) is 0 Å². The van der Waals surface area contributed by atoms with Crippen molar-refractivity contribution in [2.24, 2.45) is 10.3 Å². The van der Waals surface area contributed by atoms with Gasteiger partial charge in [0, 0.05) is 0 Å². The molecule has 0 spiro atoms. The van der Waals surface area contributed by atoms with Gasteiger partial charge in [0.05, 0.1) is 10.8 Å². The van der Waals surface area contributed by atoms with Gasteiger partial charge >= 0.3 is 5.97 Å². The second kappa shape index (κ2) is 7.04. The molecule has 0 saturated heterocycles. The number of carbonyl (C=O) groups excluding carboxylic acids is 1. The van der Waals surface area contributed by atoms with E-state index < -0.39 is 5.97 Å². The number of rotatable bonds is 5. The van der Waals surface area contributed by atoms with E-state index in [1.807, 2.05) is 0 Å². The summed E-state index contributed by atoms with van der Waals surface area (Å²) in [5, 5.41) is 4.54. The number of thiocarbonyl (C=S) groups is 1. The molecule has 2 rings (SSSR count). The Hall–Kier alpha value is -2.89. The van der Waals surface area contributed by atoms with Gasteiger partial charge in [0.25, 0.3) is 0 Å². The van der Waals surface area contributed by atoms with Crippen LogP contribution in [0.15, 0.2) is 58.9 Å². The Morgan fingerprint density at radius 2 is 1.81 bits per heavy atom. The van der Waals surface area contributed by atoms with Crippen LogP contribution >= 0.6 is 12.2 Å². The standard InChI is InChI=1S/C14H8N2O4S/c17-14(12-3-1-2-4-13(12)20-16-18)19-11-7-5-10(6-8-11)15-9-21/h1-8H. The van der Waals surface area contributed by atoms with Gasteiger partial charge in [0.1, 0.15) is 11.3 Å². The van der Waals surface area contributed by atoms with Gasteiger partial charge in [-0.1, -0.05) is 12.1 Å². The maximum absolute atomic E-state index is 12.0. The average Bonchev–Trinajstić information content (AvgIpc) is 2.50. The van der Waals surface area contributed by atoms with Gasteiger partial charge in [-0.05, 0) is 48.6 Å². The lowest BCUT2D eigenvalue weighted by Crippen LogP contribution is -2.09. The fraction of sp³-hybridized carbons (Fsp3) is 0. The molecule has 0 saturated carbocycles. The summed E-state index contributed by atoms with van der Waals surface area (Å²) in [6, 6.07) is 12.5. The Labute approximate surface area is 125 Å². The summed E-state index contributed by atoms with van der Waals surface area (Å²) in [6.45, 7) is 0. The van der Waals surface area contributed by atoms with Gasteiger partial charge in [-0.2, -0.15) is 4.99 Å². The fourth-order valence-electron chi connectivity index (χ4n) is 1.56. The third kappa shape index (κ3) is 3.79. The van der Waals surface area contributed by atoms with Crippen LogP contribution in [0.4, 0.5) is 5.69 Å². The quantitative estimate of drug-likeness (QED) is 0.210. The van der Waals surface area contributed by atoms with E-state index in [1.54, 1.807) is 36.4 Å². The maximum atomic E-state index is 12.0. The first-order valence-corrected chi connectivity index (χ1v) is 6.14. The molecule has 0 aromatic heterocycles. The molecule has 2 aromatic carbocycles. The Morgan fingerprint density at radius 3 is 2.48 bits per heavy atom. The molecule has 0 radical (unpaired) electrons. The van der Waals surface area contributed by atoms with Crippen molar-refractivity contribution >= 4 is 29.0 Å². The first-order valence-electron chi connectivity index (χ1n) is 5.73. The average molecular weight is 300 g/mol. The highest BCUT2D eigenvalue weighted by Gasteiger charge is 2.15. The van der Waals surface area contributed by atoms with Crippen LogP contribution in [0.1, 0.15) is 10.4 Å². The van der Waals surface area contributed by atoms with E-state index in [9.17, 15) is 9.70 Å². The molecule has 21 heavy (non-hydrogen) atoms. The molecule has 0 N–H and O–H groups in total. The summed E-state index contributed by atoms with van der Waals surface area (Å²) in [6.07, 6.45) is 0. The molecule has 0 heterocycles. The van der Waals surface area contributed by atoms with Crippen molar-refractivity contribution in [1.29, 1.82) is 0 Å². The third-order valence-corrected chi connectivity index (χ3v) is 2.56. The lowest BCUT2D eigenvalue weighted by molar-refractivity contribution is 0.0730. The SMILES string of the molecule is O=NOc1ccccc1C(=O)Oc1ccc(N=C=S)cc1. The number of benzene rings is 2. The van der Waals surface area contributed by atoms with E-state index in [2.05, 4.69) is 32.5 Å². The lowest BCUT2D eigenvalue weighted by atomic mass is 10.2. The van der Waals surface area contributed by atoms with Crippen LogP contribution in [0.5, 0.6) is 11.5 Å². The number of ether oxygens (including phenoxy) is 1. The van der Waals surface area contributed by atoms with Crippen molar-refractivity contribution in [3.63, 3.8) is 0 Å². The number of hydrogen-bond acceptors (Lipinski definition) is 7. The predicted molar refractivity (Wildman–Crippen MR) is 79.0 cm³/mol. The second-order valence-electron chi connectivity index (χ2n) is 3.75. The maximum Gasteiger partial charge on any atom is 0.347 e. The molecule has 0 aliphatic carbocycles. The van der Waals surface area contributed by atoms with E-state index in [-0.39, 0.29) is 11.3 Å². The zero-order chi connectivity index (χ0) is 15.1. The highest BCUT2D eigenvalue weighted by Crippen LogP contribution is 2.22. The van der Waals surface area contributed by atoms with Crippen LogP contribution in [0.25, 0.3) is 0 Å².